The van der Waals surface area contributed by atoms with Crippen LogP contribution in [0, 0.1) is 0 Å². The summed E-state index contributed by atoms with van der Waals surface area (Å²) in [7, 11) is 1.28. The van der Waals surface area contributed by atoms with E-state index in [1.807, 2.05) is 12.1 Å². The van der Waals surface area contributed by atoms with Crippen LogP contribution in [0.1, 0.15) is 16.8 Å². The summed E-state index contributed by atoms with van der Waals surface area (Å²) in [6.45, 7) is 0.143. The summed E-state index contributed by atoms with van der Waals surface area (Å²) in [6.07, 6.45) is 1.31. The van der Waals surface area contributed by atoms with Crippen molar-refractivity contribution in [1.82, 2.24) is 9.88 Å². The Balaban J connectivity index is 1.90. The number of benzene rings is 1. The van der Waals surface area contributed by atoms with Gasteiger partial charge in [0, 0.05) is 35.6 Å². The maximum atomic E-state index is 12.6. The molecule has 1 fully saturated rings. The standard InChI is InChI=1S/C15H16N2O4/c1-21-15(20)13-7-11(18)8-17(13)14(19)10-2-3-12-9(6-10)4-5-16-12/h2-6,11,13,16,18H,7-8H2,1H3. The molecular weight excluding hydrogens is 272 g/mol. The Morgan fingerprint density at radius 3 is 2.95 bits per heavy atom. The van der Waals surface area contributed by atoms with Gasteiger partial charge in [-0.25, -0.2) is 4.79 Å². The predicted molar refractivity (Wildman–Crippen MR) is 75.8 cm³/mol. The number of β-amino-alcohol motifs (C(OH)–C–C–N with tert-alkyl or cyclic N) is 1. The van der Waals surface area contributed by atoms with Crippen LogP contribution in [0.25, 0.3) is 10.9 Å². The van der Waals surface area contributed by atoms with Gasteiger partial charge in [-0.2, -0.15) is 0 Å². The third-order valence-corrected chi connectivity index (χ3v) is 3.81. The Labute approximate surface area is 121 Å². The van der Waals surface area contributed by atoms with E-state index in [2.05, 4.69) is 4.98 Å². The Morgan fingerprint density at radius 1 is 1.38 bits per heavy atom. The predicted octanol–water partition coefficient (Wildman–Crippen LogP) is 0.916. The van der Waals surface area contributed by atoms with E-state index in [0.717, 1.165) is 10.9 Å². The van der Waals surface area contributed by atoms with Crippen molar-refractivity contribution in [1.29, 1.82) is 0 Å². The number of likely N-dealkylation sites (tertiary alicyclic amines) is 1. The molecule has 0 saturated carbocycles. The molecule has 2 atom stereocenters. The number of H-pyrrole nitrogens is 1. The average molecular weight is 288 g/mol. The van der Waals surface area contributed by atoms with Crippen molar-refractivity contribution in [3.05, 3.63) is 36.0 Å². The molecule has 110 valence electrons. The van der Waals surface area contributed by atoms with Gasteiger partial charge in [0.05, 0.1) is 13.2 Å². The molecule has 1 aliphatic heterocycles. The van der Waals surface area contributed by atoms with Crippen LogP contribution in [-0.4, -0.2) is 52.7 Å². The Bertz CT molecular complexity index is 694. The van der Waals surface area contributed by atoms with Crippen LogP contribution >= 0.6 is 0 Å². The summed E-state index contributed by atoms with van der Waals surface area (Å²) in [4.78, 5) is 28.8. The summed E-state index contributed by atoms with van der Waals surface area (Å²) >= 11 is 0. The van der Waals surface area contributed by atoms with E-state index in [-0.39, 0.29) is 18.9 Å². The number of carbonyl (C=O) groups is 2. The maximum Gasteiger partial charge on any atom is 0.328 e. The van der Waals surface area contributed by atoms with Crippen molar-refractivity contribution in [2.75, 3.05) is 13.7 Å². The molecule has 1 aromatic carbocycles. The number of aliphatic hydroxyl groups is 1. The quantitative estimate of drug-likeness (QED) is 0.805. The number of aliphatic hydroxyl groups excluding tert-OH is 1. The topological polar surface area (TPSA) is 82.6 Å². The van der Waals surface area contributed by atoms with Crippen molar-refractivity contribution in [3.63, 3.8) is 0 Å². The summed E-state index contributed by atoms with van der Waals surface area (Å²) in [6, 6.07) is 6.46. The lowest BCUT2D eigenvalue weighted by molar-refractivity contribution is -0.145. The summed E-state index contributed by atoms with van der Waals surface area (Å²) < 4.78 is 4.71. The van der Waals surface area contributed by atoms with Gasteiger partial charge in [0.15, 0.2) is 0 Å². The fraction of sp³-hybridized carbons (Fsp3) is 0.333. The van der Waals surface area contributed by atoms with Crippen LogP contribution in [0.4, 0.5) is 0 Å². The highest BCUT2D eigenvalue weighted by molar-refractivity contribution is 6.00. The lowest BCUT2D eigenvalue weighted by Gasteiger charge is -2.22. The minimum absolute atomic E-state index is 0.143. The fourth-order valence-electron chi connectivity index (χ4n) is 2.75. The van der Waals surface area contributed by atoms with Crippen molar-refractivity contribution in [2.45, 2.75) is 18.6 Å². The Kier molecular flexibility index (Phi) is 3.39. The number of esters is 1. The van der Waals surface area contributed by atoms with Gasteiger partial charge in [0.2, 0.25) is 0 Å². The first kappa shape index (κ1) is 13.6. The number of ether oxygens (including phenoxy) is 1. The van der Waals surface area contributed by atoms with Gasteiger partial charge in [0.1, 0.15) is 6.04 Å². The van der Waals surface area contributed by atoms with Crippen LogP contribution in [0.3, 0.4) is 0 Å². The minimum Gasteiger partial charge on any atom is -0.467 e. The smallest absolute Gasteiger partial charge is 0.328 e. The third kappa shape index (κ3) is 2.38. The van der Waals surface area contributed by atoms with Crippen LogP contribution in [0.15, 0.2) is 30.5 Å². The van der Waals surface area contributed by atoms with Crippen LogP contribution in [0.2, 0.25) is 0 Å². The molecule has 2 unspecified atom stereocenters. The normalized spacial score (nSPS) is 21.7. The van der Waals surface area contributed by atoms with Crippen LogP contribution in [0.5, 0.6) is 0 Å². The number of fused-ring (bicyclic) bond motifs is 1. The molecule has 2 heterocycles. The number of aromatic nitrogens is 1. The molecule has 0 radical (unpaired) electrons. The maximum absolute atomic E-state index is 12.6. The van der Waals surface area contributed by atoms with E-state index < -0.39 is 18.1 Å². The highest BCUT2D eigenvalue weighted by atomic mass is 16.5. The SMILES string of the molecule is COC(=O)C1CC(O)CN1C(=O)c1ccc2[nH]ccc2c1. The van der Waals surface area contributed by atoms with Crippen molar-refractivity contribution in [2.24, 2.45) is 0 Å². The Hall–Kier alpha value is -2.34. The molecule has 1 amide bonds. The zero-order valence-corrected chi connectivity index (χ0v) is 11.6. The van der Waals surface area contributed by atoms with E-state index >= 15 is 0 Å². The van der Waals surface area contributed by atoms with Crippen LogP contribution < -0.4 is 0 Å². The van der Waals surface area contributed by atoms with Gasteiger partial charge in [-0.05, 0) is 24.3 Å². The molecule has 3 rings (SSSR count). The van der Waals surface area contributed by atoms with Gasteiger partial charge in [-0.3, -0.25) is 4.79 Å². The number of aromatic amines is 1. The first-order valence-corrected chi connectivity index (χ1v) is 6.74. The number of rotatable bonds is 2. The molecule has 0 spiro atoms. The third-order valence-electron chi connectivity index (χ3n) is 3.81. The molecule has 21 heavy (non-hydrogen) atoms. The van der Waals surface area contributed by atoms with Gasteiger partial charge in [-0.15, -0.1) is 0 Å². The van der Waals surface area contributed by atoms with Crippen LogP contribution in [-0.2, 0) is 9.53 Å². The van der Waals surface area contributed by atoms with Crippen molar-refractivity contribution in [3.8, 4) is 0 Å². The number of hydrogen-bond donors (Lipinski definition) is 2. The second-order valence-corrected chi connectivity index (χ2v) is 5.17. The van der Waals surface area contributed by atoms with Gasteiger partial charge in [-0.1, -0.05) is 0 Å². The van der Waals surface area contributed by atoms with E-state index in [1.54, 1.807) is 18.3 Å². The largest absolute Gasteiger partial charge is 0.467 e. The molecule has 1 aliphatic rings. The molecule has 0 bridgehead atoms. The van der Waals surface area contributed by atoms with Crippen molar-refractivity contribution >= 4 is 22.8 Å². The Morgan fingerprint density at radius 2 is 2.19 bits per heavy atom. The van der Waals surface area contributed by atoms with E-state index in [1.165, 1.54) is 12.0 Å². The number of methoxy groups -OCH3 is 1. The summed E-state index contributed by atoms with van der Waals surface area (Å²) in [5.74, 6) is -0.771. The molecule has 2 aromatic rings. The van der Waals surface area contributed by atoms with Crippen molar-refractivity contribution < 1.29 is 19.4 Å². The first-order valence-electron chi connectivity index (χ1n) is 6.74. The minimum atomic E-state index is -0.723. The number of nitrogens with one attached hydrogen (secondary N) is 1. The monoisotopic (exact) mass is 288 g/mol. The summed E-state index contributed by atoms with van der Waals surface area (Å²) in [5.41, 5.74) is 1.43. The zero-order chi connectivity index (χ0) is 15.0. The first-order chi connectivity index (χ1) is 10.1. The van der Waals surface area contributed by atoms with Gasteiger partial charge < -0.3 is 19.7 Å². The lowest BCUT2D eigenvalue weighted by Crippen LogP contribution is -2.41. The van der Waals surface area contributed by atoms with Gasteiger partial charge >= 0.3 is 5.97 Å². The number of carbonyl (C=O) groups excluding carboxylic acids is 2. The van der Waals surface area contributed by atoms with E-state index in [4.69, 9.17) is 4.74 Å². The molecule has 1 aromatic heterocycles. The lowest BCUT2D eigenvalue weighted by atomic mass is 10.1. The molecule has 1 saturated heterocycles. The zero-order valence-electron chi connectivity index (χ0n) is 11.6. The highest BCUT2D eigenvalue weighted by Gasteiger charge is 2.39. The van der Waals surface area contributed by atoms with Gasteiger partial charge in [0.25, 0.3) is 5.91 Å². The number of nitrogens with zero attached hydrogens (tertiary/aromatic N) is 1. The molecule has 2 N–H and O–H groups in total. The second-order valence-electron chi connectivity index (χ2n) is 5.17. The molecule has 0 aliphatic carbocycles. The second kappa shape index (κ2) is 5.21. The molecule has 6 nitrogen and oxygen atoms in total. The summed E-state index contributed by atoms with van der Waals surface area (Å²) in [5, 5.41) is 10.7. The fourth-order valence-corrected chi connectivity index (χ4v) is 2.75. The molecule has 6 heteroatoms. The van der Waals surface area contributed by atoms with E-state index in [9.17, 15) is 14.7 Å². The highest BCUT2D eigenvalue weighted by Crippen LogP contribution is 2.23. The number of hydrogen-bond acceptors (Lipinski definition) is 4. The molecular formula is C15H16N2O4. The van der Waals surface area contributed by atoms with E-state index in [0.29, 0.717) is 5.56 Å². The number of amides is 1. The average Bonchev–Trinajstić information content (AvgIpc) is 3.10.